The average Bonchev–Trinajstić information content (AvgIpc) is 3.15. The summed E-state index contributed by atoms with van der Waals surface area (Å²) >= 11 is 0. The molecule has 0 spiro atoms. The molecular formula is C22H28N4. The lowest BCUT2D eigenvalue weighted by atomic mass is 9.90. The van der Waals surface area contributed by atoms with Gasteiger partial charge in [0.15, 0.2) is 0 Å². The van der Waals surface area contributed by atoms with Gasteiger partial charge in [-0.3, -0.25) is 5.10 Å². The SMILES string of the molecule is c1ccc(CC2CCN(CCCNc3ccc4cn[nH]c4c3)CC2)cc1. The molecule has 1 aliphatic heterocycles. The van der Waals surface area contributed by atoms with E-state index in [4.69, 9.17) is 0 Å². The van der Waals surface area contributed by atoms with E-state index in [0.29, 0.717) is 0 Å². The Morgan fingerprint density at radius 2 is 1.92 bits per heavy atom. The van der Waals surface area contributed by atoms with Crippen molar-refractivity contribution in [2.75, 3.05) is 31.5 Å². The van der Waals surface area contributed by atoms with Crippen molar-refractivity contribution in [2.24, 2.45) is 5.92 Å². The zero-order valence-corrected chi connectivity index (χ0v) is 15.3. The lowest BCUT2D eigenvalue weighted by molar-refractivity contribution is 0.183. The number of benzene rings is 2. The maximum absolute atomic E-state index is 4.07. The molecule has 4 nitrogen and oxygen atoms in total. The van der Waals surface area contributed by atoms with E-state index in [2.05, 4.69) is 68.9 Å². The number of hydrogen-bond acceptors (Lipinski definition) is 3. The lowest BCUT2D eigenvalue weighted by Gasteiger charge is -2.32. The first-order valence-corrected chi connectivity index (χ1v) is 9.80. The van der Waals surface area contributed by atoms with Crippen molar-refractivity contribution < 1.29 is 0 Å². The number of piperidine rings is 1. The normalized spacial score (nSPS) is 16.2. The average molecular weight is 348 g/mol. The number of likely N-dealkylation sites (tertiary alicyclic amines) is 1. The Balaban J connectivity index is 1.15. The summed E-state index contributed by atoms with van der Waals surface area (Å²) in [7, 11) is 0. The van der Waals surface area contributed by atoms with Crippen LogP contribution in [0, 0.1) is 5.92 Å². The standard InChI is InChI=1S/C22H28N4/c1-2-5-18(6-3-1)15-19-9-13-26(14-10-19)12-4-11-23-21-8-7-20-17-24-25-22(20)16-21/h1-3,5-8,16-17,19,23H,4,9-15H2,(H,24,25). The van der Waals surface area contributed by atoms with Crippen LogP contribution in [0.4, 0.5) is 5.69 Å². The van der Waals surface area contributed by atoms with E-state index in [0.717, 1.165) is 23.4 Å². The monoisotopic (exact) mass is 348 g/mol. The van der Waals surface area contributed by atoms with Crippen molar-refractivity contribution in [3.8, 4) is 0 Å². The van der Waals surface area contributed by atoms with Crippen LogP contribution in [0.2, 0.25) is 0 Å². The predicted octanol–water partition coefficient (Wildman–Crippen LogP) is 4.32. The lowest BCUT2D eigenvalue weighted by Crippen LogP contribution is -2.35. The molecule has 0 saturated carbocycles. The number of hydrogen-bond donors (Lipinski definition) is 2. The van der Waals surface area contributed by atoms with Gasteiger partial charge in [0.25, 0.3) is 0 Å². The fourth-order valence-electron chi connectivity index (χ4n) is 3.94. The molecule has 0 amide bonds. The molecule has 0 unspecified atom stereocenters. The third-order valence-electron chi connectivity index (χ3n) is 5.50. The highest BCUT2D eigenvalue weighted by Gasteiger charge is 2.18. The topological polar surface area (TPSA) is 44.0 Å². The zero-order chi connectivity index (χ0) is 17.6. The van der Waals surface area contributed by atoms with E-state index in [1.54, 1.807) is 0 Å². The molecule has 2 aromatic carbocycles. The van der Waals surface area contributed by atoms with Crippen LogP contribution >= 0.6 is 0 Å². The summed E-state index contributed by atoms with van der Waals surface area (Å²) < 4.78 is 0. The molecule has 1 fully saturated rings. The highest BCUT2D eigenvalue weighted by Crippen LogP contribution is 2.22. The molecule has 0 aliphatic carbocycles. The summed E-state index contributed by atoms with van der Waals surface area (Å²) in [6.45, 7) is 4.70. The van der Waals surface area contributed by atoms with Gasteiger partial charge in [-0.15, -0.1) is 0 Å². The Kier molecular flexibility index (Phi) is 5.50. The second-order valence-corrected chi connectivity index (χ2v) is 7.43. The predicted molar refractivity (Wildman–Crippen MR) is 109 cm³/mol. The van der Waals surface area contributed by atoms with Crippen LogP contribution in [0.25, 0.3) is 10.9 Å². The second-order valence-electron chi connectivity index (χ2n) is 7.43. The highest BCUT2D eigenvalue weighted by atomic mass is 15.1. The number of aromatic nitrogens is 2. The third kappa shape index (κ3) is 4.44. The molecule has 4 rings (SSSR count). The van der Waals surface area contributed by atoms with Gasteiger partial charge in [-0.25, -0.2) is 0 Å². The Bertz CT molecular complexity index is 803. The Labute approximate surface area is 155 Å². The number of aromatic amines is 1. The molecule has 26 heavy (non-hydrogen) atoms. The number of H-pyrrole nitrogens is 1. The van der Waals surface area contributed by atoms with Crippen molar-refractivity contribution >= 4 is 16.6 Å². The van der Waals surface area contributed by atoms with Gasteiger partial charge in [0.2, 0.25) is 0 Å². The van der Waals surface area contributed by atoms with Crippen molar-refractivity contribution in [1.82, 2.24) is 15.1 Å². The van der Waals surface area contributed by atoms with Crippen molar-refractivity contribution in [3.63, 3.8) is 0 Å². The fraction of sp³-hybridized carbons (Fsp3) is 0.409. The number of rotatable bonds is 7. The smallest absolute Gasteiger partial charge is 0.0670 e. The molecule has 2 heterocycles. The molecule has 0 atom stereocenters. The summed E-state index contributed by atoms with van der Waals surface area (Å²) in [5.74, 6) is 0.855. The molecule has 136 valence electrons. The summed E-state index contributed by atoms with van der Waals surface area (Å²) in [6.07, 6.45) is 6.95. The summed E-state index contributed by atoms with van der Waals surface area (Å²) in [5.41, 5.74) is 3.75. The number of anilines is 1. The quantitative estimate of drug-likeness (QED) is 0.625. The van der Waals surface area contributed by atoms with E-state index >= 15 is 0 Å². The van der Waals surface area contributed by atoms with Crippen molar-refractivity contribution in [1.29, 1.82) is 0 Å². The molecule has 0 radical (unpaired) electrons. The largest absolute Gasteiger partial charge is 0.385 e. The molecule has 0 bridgehead atoms. The van der Waals surface area contributed by atoms with E-state index in [1.807, 2.05) is 6.20 Å². The summed E-state index contributed by atoms with van der Waals surface area (Å²) in [4.78, 5) is 2.63. The van der Waals surface area contributed by atoms with Crippen LogP contribution in [-0.4, -0.2) is 41.3 Å². The molecular weight excluding hydrogens is 320 g/mol. The van der Waals surface area contributed by atoms with Gasteiger partial charge in [-0.2, -0.15) is 5.10 Å². The highest BCUT2D eigenvalue weighted by molar-refractivity contribution is 5.81. The van der Waals surface area contributed by atoms with Gasteiger partial charge in [-0.05, 0) is 75.0 Å². The Morgan fingerprint density at radius 3 is 2.77 bits per heavy atom. The number of nitrogens with one attached hydrogen (secondary N) is 2. The first kappa shape index (κ1) is 17.1. The van der Waals surface area contributed by atoms with Gasteiger partial charge >= 0.3 is 0 Å². The van der Waals surface area contributed by atoms with Crippen LogP contribution in [0.3, 0.4) is 0 Å². The van der Waals surface area contributed by atoms with Crippen LogP contribution in [0.15, 0.2) is 54.7 Å². The third-order valence-corrected chi connectivity index (χ3v) is 5.50. The van der Waals surface area contributed by atoms with Gasteiger partial charge in [0.05, 0.1) is 11.7 Å². The van der Waals surface area contributed by atoms with Gasteiger partial charge < -0.3 is 10.2 Å². The van der Waals surface area contributed by atoms with E-state index < -0.39 is 0 Å². The van der Waals surface area contributed by atoms with Crippen LogP contribution in [-0.2, 0) is 6.42 Å². The fourth-order valence-corrected chi connectivity index (χ4v) is 3.94. The zero-order valence-electron chi connectivity index (χ0n) is 15.3. The second kappa shape index (κ2) is 8.37. The van der Waals surface area contributed by atoms with E-state index in [-0.39, 0.29) is 0 Å². The summed E-state index contributed by atoms with van der Waals surface area (Å²) in [5, 5.41) is 11.8. The maximum Gasteiger partial charge on any atom is 0.0670 e. The maximum atomic E-state index is 4.07. The first-order valence-electron chi connectivity index (χ1n) is 9.80. The molecule has 1 aliphatic rings. The van der Waals surface area contributed by atoms with Crippen molar-refractivity contribution in [3.05, 3.63) is 60.3 Å². The van der Waals surface area contributed by atoms with E-state index in [9.17, 15) is 0 Å². The first-order chi connectivity index (χ1) is 12.9. The van der Waals surface area contributed by atoms with Gasteiger partial charge in [0.1, 0.15) is 0 Å². The Hall–Kier alpha value is -2.33. The minimum Gasteiger partial charge on any atom is -0.385 e. The van der Waals surface area contributed by atoms with Gasteiger partial charge in [0, 0.05) is 17.6 Å². The number of nitrogens with zero attached hydrogens (tertiary/aromatic N) is 2. The molecule has 1 saturated heterocycles. The van der Waals surface area contributed by atoms with Crippen LogP contribution in [0.1, 0.15) is 24.8 Å². The van der Waals surface area contributed by atoms with Crippen molar-refractivity contribution in [2.45, 2.75) is 25.7 Å². The molecule has 1 aromatic heterocycles. The van der Waals surface area contributed by atoms with Crippen LogP contribution < -0.4 is 5.32 Å². The number of fused-ring (bicyclic) bond motifs is 1. The minimum absolute atomic E-state index is 0.855. The van der Waals surface area contributed by atoms with E-state index in [1.165, 1.54) is 56.6 Å². The van der Waals surface area contributed by atoms with Gasteiger partial charge in [-0.1, -0.05) is 30.3 Å². The molecule has 2 N–H and O–H groups in total. The van der Waals surface area contributed by atoms with Crippen LogP contribution in [0.5, 0.6) is 0 Å². The Morgan fingerprint density at radius 1 is 1.08 bits per heavy atom. The minimum atomic E-state index is 0.855. The summed E-state index contributed by atoms with van der Waals surface area (Å²) in [6, 6.07) is 17.3. The molecule has 3 aromatic rings. The molecule has 4 heteroatoms.